The molecule has 0 saturated heterocycles. The van der Waals surface area contributed by atoms with Crippen molar-refractivity contribution < 1.29 is 0 Å². The van der Waals surface area contributed by atoms with Gasteiger partial charge in [0.25, 0.3) is 0 Å². The standard InChI is InChI=1S/C14H11ClN2/c1-10-5-6-14-16-13(9-17(14)8-10)11-3-2-4-12(15)7-11/h2-9H,1H3. The van der Waals surface area contributed by atoms with Gasteiger partial charge in [0, 0.05) is 23.0 Å². The molecular weight excluding hydrogens is 232 g/mol. The Bertz CT molecular complexity index is 686. The van der Waals surface area contributed by atoms with Crippen LogP contribution in [0.1, 0.15) is 5.56 Å². The van der Waals surface area contributed by atoms with Crippen molar-refractivity contribution in [3.63, 3.8) is 0 Å². The minimum absolute atomic E-state index is 0.732. The van der Waals surface area contributed by atoms with Crippen molar-refractivity contribution in [3.8, 4) is 11.3 Å². The zero-order chi connectivity index (χ0) is 11.8. The van der Waals surface area contributed by atoms with Crippen molar-refractivity contribution in [3.05, 3.63) is 59.4 Å². The molecule has 3 aromatic rings. The molecule has 0 radical (unpaired) electrons. The van der Waals surface area contributed by atoms with Gasteiger partial charge in [-0.2, -0.15) is 0 Å². The molecule has 2 aromatic heterocycles. The van der Waals surface area contributed by atoms with Crippen molar-refractivity contribution in [2.24, 2.45) is 0 Å². The number of halogens is 1. The van der Waals surface area contributed by atoms with Crippen LogP contribution >= 0.6 is 11.6 Å². The van der Waals surface area contributed by atoms with Gasteiger partial charge in [0.15, 0.2) is 0 Å². The second kappa shape index (κ2) is 3.90. The summed E-state index contributed by atoms with van der Waals surface area (Å²) in [6, 6.07) is 11.8. The average molecular weight is 243 g/mol. The minimum atomic E-state index is 0.732. The molecule has 0 fully saturated rings. The largest absolute Gasteiger partial charge is 0.306 e. The highest BCUT2D eigenvalue weighted by Gasteiger charge is 2.04. The molecule has 0 aliphatic carbocycles. The van der Waals surface area contributed by atoms with Gasteiger partial charge in [-0.05, 0) is 30.7 Å². The van der Waals surface area contributed by atoms with Crippen LogP contribution in [0, 0.1) is 6.92 Å². The van der Waals surface area contributed by atoms with E-state index in [4.69, 9.17) is 11.6 Å². The van der Waals surface area contributed by atoms with Crippen LogP contribution in [-0.4, -0.2) is 9.38 Å². The van der Waals surface area contributed by atoms with Crippen LogP contribution in [0.4, 0.5) is 0 Å². The van der Waals surface area contributed by atoms with E-state index in [9.17, 15) is 0 Å². The fraction of sp³-hybridized carbons (Fsp3) is 0.0714. The van der Waals surface area contributed by atoms with Gasteiger partial charge in [-0.1, -0.05) is 29.8 Å². The maximum atomic E-state index is 5.98. The van der Waals surface area contributed by atoms with Gasteiger partial charge < -0.3 is 4.40 Å². The summed E-state index contributed by atoms with van der Waals surface area (Å²) < 4.78 is 2.03. The molecule has 0 saturated carbocycles. The Morgan fingerprint density at radius 2 is 2.00 bits per heavy atom. The van der Waals surface area contributed by atoms with Gasteiger partial charge in [-0.25, -0.2) is 4.98 Å². The topological polar surface area (TPSA) is 17.3 Å². The van der Waals surface area contributed by atoms with Crippen LogP contribution in [-0.2, 0) is 0 Å². The molecule has 0 aliphatic rings. The highest BCUT2D eigenvalue weighted by atomic mass is 35.5. The maximum absolute atomic E-state index is 5.98. The van der Waals surface area contributed by atoms with Gasteiger partial charge >= 0.3 is 0 Å². The fourth-order valence-electron chi connectivity index (χ4n) is 1.89. The number of hydrogen-bond donors (Lipinski definition) is 0. The molecule has 3 heteroatoms. The second-order valence-electron chi connectivity index (χ2n) is 4.11. The van der Waals surface area contributed by atoms with Crippen LogP contribution in [0.3, 0.4) is 0 Å². The summed E-state index contributed by atoms with van der Waals surface area (Å²) in [6.45, 7) is 2.07. The number of aromatic nitrogens is 2. The Hall–Kier alpha value is -1.80. The lowest BCUT2D eigenvalue weighted by Crippen LogP contribution is -1.82. The van der Waals surface area contributed by atoms with Crippen LogP contribution < -0.4 is 0 Å². The summed E-state index contributed by atoms with van der Waals surface area (Å²) in [5.74, 6) is 0. The third kappa shape index (κ3) is 1.92. The molecule has 0 unspecified atom stereocenters. The highest BCUT2D eigenvalue weighted by Crippen LogP contribution is 2.22. The Morgan fingerprint density at radius 1 is 1.12 bits per heavy atom. The van der Waals surface area contributed by atoms with Crippen molar-refractivity contribution in [1.29, 1.82) is 0 Å². The summed E-state index contributed by atoms with van der Waals surface area (Å²) >= 11 is 5.98. The Kier molecular flexibility index (Phi) is 2.37. The van der Waals surface area contributed by atoms with Crippen LogP contribution in [0.5, 0.6) is 0 Å². The molecular formula is C14H11ClN2. The van der Waals surface area contributed by atoms with E-state index in [1.807, 2.05) is 40.9 Å². The third-order valence-electron chi connectivity index (χ3n) is 2.72. The molecule has 0 aliphatic heterocycles. The summed E-state index contributed by atoms with van der Waals surface area (Å²) in [5, 5.41) is 0.732. The Labute approximate surface area is 104 Å². The number of hydrogen-bond acceptors (Lipinski definition) is 1. The molecule has 0 amide bonds. The molecule has 1 aromatic carbocycles. The van der Waals surface area contributed by atoms with Gasteiger partial charge in [-0.3, -0.25) is 0 Å². The minimum Gasteiger partial charge on any atom is -0.306 e. The van der Waals surface area contributed by atoms with Gasteiger partial charge in [0.05, 0.1) is 5.69 Å². The summed E-state index contributed by atoms with van der Waals surface area (Å²) in [4.78, 5) is 4.57. The fourth-order valence-corrected chi connectivity index (χ4v) is 2.08. The van der Waals surface area contributed by atoms with E-state index in [1.54, 1.807) is 0 Å². The Balaban J connectivity index is 2.18. The molecule has 2 nitrogen and oxygen atoms in total. The lowest BCUT2D eigenvalue weighted by Gasteiger charge is -1.95. The number of fused-ring (bicyclic) bond motifs is 1. The summed E-state index contributed by atoms with van der Waals surface area (Å²) in [6.07, 6.45) is 4.09. The number of benzene rings is 1. The van der Waals surface area contributed by atoms with Crippen molar-refractivity contribution in [2.75, 3.05) is 0 Å². The molecule has 0 atom stereocenters. The van der Waals surface area contributed by atoms with E-state index in [0.29, 0.717) is 0 Å². The predicted molar refractivity (Wildman–Crippen MR) is 70.4 cm³/mol. The zero-order valence-electron chi connectivity index (χ0n) is 9.39. The van der Waals surface area contributed by atoms with Gasteiger partial charge in [0.1, 0.15) is 5.65 Å². The van der Waals surface area contributed by atoms with Crippen LogP contribution in [0.2, 0.25) is 5.02 Å². The number of pyridine rings is 1. The molecule has 0 spiro atoms. The second-order valence-corrected chi connectivity index (χ2v) is 4.54. The molecule has 84 valence electrons. The first-order valence-electron chi connectivity index (χ1n) is 5.44. The summed E-state index contributed by atoms with van der Waals surface area (Å²) in [5.41, 5.74) is 4.15. The number of nitrogens with zero attached hydrogens (tertiary/aromatic N) is 2. The number of imidazole rings is 1. The van der Waals surface area contributed by atoms with Crippen molar-refractivity contribution in [1.82, 2.24) is 9.38 Å². The third-order valence-corrected chi connectivity index (χ3v) is 2.95. The smallest absolute Gasteiger partial charge is 0.137 e. The Morgan fingerprint density at radius 3 is 2.82 bits per heavy atom. The SMILES string of the molecule is Cc1ccc2nc(-c3cccc(Cl)c3)cn2c1. The van der Waals surface area contributed by atoms with Crippen molar-refractivity contribution in [2.45, 2.75) is 6.92 Å². The first-order chi connectivity index (χ1) is 8.22. The van der Waals surface area contributed by atoms with Gasteiger partial charge in [-0.15, -0.1) is 0 Å². The lowest BCUT2D eigenvalue weighted by atomic mass is 10.2. The van der Waals surface area contributed by atoms with E-state index in [0.717, 1.165) is 21.9 Å². The highest BCUT2D eigenvalue weighted by molar-refractivity contribution is 6.30. The predicted octanol–water partition coefficient (Wildman–Crippen LogP) is 3.96. The van der Waals surface area contributed by atoms with E-state index >= 15 is 0 Å². The molecule has 3 rings (SSSR count). The van der Waals surface area contributed by atoms with E-state index < -0.39 is 0 Å². The first-order valence-corrected chi connectivity index (χ1v) is 5.81. The van der Waals surface area contributed by atoms with E-state index in [2.05, 4.69) is 24.2 Å². The number of rotatable bonds is 1. The van der Waals surface area contributed by atoms with E-state index in [-0.39, 0.29) is 0 Å². The van der Waals surface area contributed by atoms with Gasteiger partial charge in [0.2, 0.25) is 0 Å². The average Bonchev–Trinajstić information content (AvgIpc) is 2.72. The van der Waals surface area contributed by atoms with Crippen molar-refractivity contribution >= 4 is 17.2 Å². The molecule has 0 N–H and O–H groups in total. The number of aryl methyl sites for hydroxylation is 1. The first kappa shape index (κ1) is 10.4. The molecule has 17 heavy (non-hydrogen) atoms. The van der Waals surface area contributed by atoms with E-state index in [1.165, 1.54) is 5.56 Å². The molecule has 2 heterocycles. The quantitative estimate of drug-likeness (QED) is 0.631. The lowest BCUT2D eigenvalue weighted by molar-refractivity contribution is 1.16. The van der Waals surface area contributed by atoms with Crippen LogP contribution in [0.25, 0.3) is 16.9 Å². The maximum Gasteiger partial charge on any atom is 0.137 e. The monoisotopic (exact) mass is 242 g/mol. The zero-order valence-corrected chi connectivity index (χ0v) is 10.1. The molecule has 0 bridgehead atoms. The normalized spacial score (nSPS) is 10.9. The summed E-state index contributed by atoms with van der Waals surface area (Å²) in [7, 11) is 0. The van der Waals surface area contributed by atoms with Crippen LogP contribution in [0.15, 0.2) is 48.8 Å².